The zero-order chi connectivity index (χ0) is 17.5. The minimum absolute atomic E-state index is 0.135. The zero-order valence-corrected chi connectivity index (χ0v) is 14.2. The van der Waals surface area contributed by atoms with Crippen LogP contribution in [0.5, 0.6) is 11.6 Å². The van der Waals surface area contributed by atoms with Gasteiger partial charge < -0.3 is 19.5 Å². The molecular weight excluding hydrogens is 320 g/mol. The molecule has 2 heterocycles. The molecular formula is C19H22N2O4. The first-order chi connectivity index (χ1) is 12.2. The van der Waals surface area contributed by atoms with Crippen molar-refractivity contribution in [3.8, 4) is 11.6 Å². The van der Waals surface area contributed by atoms with Crippen molar-refractivity contribution in [1.82, 2.24) is 10.3 Å². The first-order valence-corrected chi connectivity index (χ1v) is 8.36. The van der Waals surface area contributed by atoms with Crippen LogP contribution in [0.4, 0.5) is 0 Å². The molecule has 1 amide bonds. The van der Waals surface area contributed by atoms with Crippen molar-refractivity contribution < 1.29 is 19.0 Å². The standard InChI is InChI=1S/C19H22N2O4/c1-23-16-5-2-14(3-6-16)12-21-19(22)15-4-7-18(20-13-15)25-17-8-10-24-11-9-17/h2-7,13,17H,8-12H2,1H3,(H,21,22). The Morgan fingerprint density at radius 2 is 1.96 bits per heavy atom. The van der Waals surface area contributed by atoms with Crippen molar-refractivity contribution in [1.29, 1.82) is 0 Å². The molecule has 3 rings (SSSR count). The van der Waals surface area contributed by atoms with E-state index in [0.29, 0.717) is 18.0 Å². The normalized spacial score (nSPS) is 14.8. The maximum Gasteiger partial charge on any atom is 0.253 e. The number of aromatic nitrogens is 1. The number of hydrogen-bond donors (Lipinski definition) is 1. The molecule has 2 aromatic rings. The molecule has 1 aliphatic heterocycles. The summed E-state index contributed by atoms with van der Waals surface area (Å²) >= 11 is 0. The first kappa shape index (κ1) is 17.2. The summed E-state index contributed by atoms with van der Waals surface area (Å²) in [5, 5.41) is 2.88. The second-order valence-corrected chi connectivity index (χ2v) is 5.85. The van der Waals surface area contributed by atoms with Gasteiger partial charge in [0.05, 0.1) is 25.9 Å². The number of benzene rings is 1. The van der Waals surface area contributed by atoms with Crippen molar-refractivity contribution in [3.63, 3.8) is 0 Å². The van der Waals surface area contributed by atoms with Gasteiger partial charge in [0.1, 0.15) is 11.9 Å². The van der Waals surface area contributed by atoms with Gasteiger partial charge in [-0.2, -0.15) is 0 Å². The molecule has 1 aromatic carbocycles. The van der Waals surface area contributed by atoms with E-state index in [1.165, 1.54) is 6.20 Å². The Bertz CT molecular complexity index is 680. The van der Waals surface area contributed by atoms with Crippen LogP contribution < -0.4 is 14.8 Å². The molecule has 0 spiro atoms. The molecule has 1 fully saturated rings. The highest BCUT2D eigenvalue weighted by Crippen LogP contribution is 2.16. The number of amides is 1. The molecule has 0 saturated carbocycles. The van der Waals surface area contributed by atoms with Crippen LogP contribution in [0, 0.1) is 0 Å². The van der Waals surface area contributed by atoms with Gasteiger partial charge in [0.25, 0.3) is 5.91 Å². The summed E-state index contributed by atoms with van der Waals surface area (Å²) in [5.74, 6) is 1.17. The minimum Gasteiger partial charge on any atom is -0.497 e. The van der Waals surface area contributed by atoms with E-state index in [9.17, 15) is 4.79 Å². The van der Waals surface area contributed by atoms with E-state index in [4.69, 9.17) is 14.2 Å². The Kier molecular flexibility index (Phi) is 5.85. The largest absolute Gasteiger partial charge is 0.497 e. The molecule has 1 aromatic heterocycles. The van der Waals surface area contributed by atoms with Gasteiger partial charge in [-0.15, -0.1) is 0 Å². The highest BCUT2D eigenvalue weighted by molar-refractivity contribution is 5.93. The van der Waals surface area contributed by atoms with Gasteiger partial charge in [-0.3, -0.25) is 4.79 Å². The van der Waals surface area contributed by atoms with E-state index in [2.05, 4.69) is 10.3 Å². The minimum atomic E-state index is -0.166. The SMILES string of the molecule is COc1ccc(CNC(=O)c2ccc(OC3CCOCC3)nc2)cc1. The molecule has 1 N–H and O–H groups in total. The van der Waals surface area contributed by atoms with E-state index in [0.717, 1.165) is 37.4 Å². The number of ether oxygens (including phenoxy) is 3. The third-order valence-electron chi connectivity index (χ3n) is 4.07. The third-order valence-corrected chi connectivity index (χ3v) is 4.07. The Labute approximate surface area is 147 Å². The monoisotopic (exact) mass is 342 g/mol. The number of methoxy groups -OCH3 is 1. The van der Waals surface area contributed by atoms with E-state index in [-0.39, 0.29) is 12.0 Å². The number of hydrogen-bond acceptors (Lipinski definition) is 5. The van der Waals surface area contributed by atoms with Crippen LogP contribution in [-0.2, 0) is 11.3 Å². The van der Waals surface area contributed by atoms with Gasteiger partial charge in [-0.05, 0) is 23.8 Å². The fourth-order valence-electron chi connectivity index (χ4n) is 2.58. The lowest BCUT2D eigenvalue weighted by molar-refractivity contribution is 0.0237. The van der Waals surface area contributed by atoms with Gasteiger partial charge in [0.15, 0.2) is 0 Å². The van der Waals surface area contributed by atoms with Crippen molar-refractivity contribution >= 4 is 5.91 Å². The van der Waals surface area contributed by atoms with E-state index in [1.807, 2.05) is 24.3 Å². The van der Waals surface area contributed by atoms with Crippen LogP contribution in [0.15, 0.2) is 42.6 Å². The van der Waals surface area contributed by atoms with E-state index >= 15 is 0 Å². The summed E-state index contributed by atoms with van der Waals surface area (Å²) in [6.45, 7) is 1.89. The number of rotatable bonds is 6. The maximum atomic E-state index is 12.2. The number of pyridine rings is 1. The molecule has 0 radical (unpaired) electrons. The lowest BCUT2D eigenvalue weighted by atomic mass is 10.1. The number of carbonyl (C=O) groups excluding carboxylic acids is 1. The highest BCUT2D eigenvalue weighted by atomic mass is 16.5. The van der Waals surface area contributed by atoms with Crippen LogP contribution in [-0.4, -0.2) is 37.3 Å². The Morgan fingerprint density at radius 1 is 1.20 bits per heavy atom. The predicted octanol–water partition coefficient (Wildman–Crippen LogP) is 2.58. The number of nitrogens with one attached hydrogen (secondary N) is 1. The zero-order valence-electron chi connectivity index (χ0n) is 14.2. The highest BCUT2D eigenvalue weighted by Gasteiger charge is 2.16. The predicted molar refractivity (Wildman–Crippen MR) is 92.9 cm³/mol. The van der Waals surface area contributed by atoms with E-state index in [1.54, 1.807) is 19.2 Å². The molecule has 0 atom stereocenters. The van der Waals surface area contributed by atoms with Gasteiger partial charge in [-0.1, -0.05) is 12.1 Å². The first-order valence-electron chi connectivity index (χ1n) is 8.36. The number of carbonyl (C=O) groups is 1. The van der Waals surface area contributed by atoms with Crippen LogP contribution >= 0.6 is 0 Å². The van der Waals surface area contributed by atoms with Gasteiger partial charge >= 0.3 is 0 Å². The summed E-state index contributed by atoms with van der Waals surface area (Å²) in [6, 6.07) is 11.0. The molecule has 6 heteroatoms. The number of nitrogens with zero attached hydrogens (tertiary/aromatic N) is 1. The van der Waals surface area contributed by atoms with Crippen LogP contribution in [0.2, 0.25) is 0 Å². The molecule has 132 valence electrons. The fraction of sp³-hybridized carbons (Fsp3) is 0.368. The van der Waals surface area contributed by atoms with Crippen LogP contribution in [0.3, 0.4) is 0 Å². The Balaban J connectivity index is 1.51. The Hall–Kier alpha value is -2.60. The lowest BCUT2D eigenvalue weighted by Gasteiger charge is -2.22. The van der Waals surface area contributed by atoms with Crippen molar-refractivity contribution in [2.45, 2.75) is 25.5 Å². The average Bonchev–Trinajstić information content (AvgIpc) is 2.68. The molecule has 6 nitrogen and oxygen atoms in total. The molecule has 0 unspecified atom stereocenters. The molecule has 25 heavy (non-hydrogen) atoms. The van der Waals surface area contributed by atoms with Gasteiger partial charge in [0, 0.05) is 31.6 Å². The third kappa shape index (κ3) is 4.93. The molecule has 0 aliphatic carbocycles. The maximum absolute atomic E-state index is 12.2. The topological polar surface area (TPSA) is 69.7 Å². The van der Waals surface area contributed by atoms with Gasteiger partial charge in [0.2, 0.25) is 5.88 Å². The van der Waals surface area contributed by atoms with Crippen molar-refractivity contribution in [3.05, 3.63) is 53.7 Å². The average molecular weight is 342 g/mol. The fourth-order valence-corrected chi connectivity index (χ4v) is 2.58. The smallest absolute Gasteiger partial charge is 0.253 e. The van der Waals surface area contributed by atoms with Crippen LogP contribution in [0.1, 0.15) is 28.8 Å². The summed E-state index contributed by atoms with van der Waals surface area (Å²) in [4.78, 5) is 16.4. The summed E-state index contributed by atoms with van der Waals surface area (Å²) < 4.78 is 16.2. The van der Waals surface area contributed by atoms with Gasteiger partial charge in [-0.25, -0.2) is 4.98 Å². The quantitative estimate of drug-likeness (QED) is 0.874. The van der Waals surface area contributed by atoms with Crippen molar-refractivity contribution in [2.24, 2.45) is 0 Å². The molecule has 1 aliphatic rings. The summed E-state index contributed by atoms with van der Waals surface area (Å²) in [5.41, 5.74) is 1.51. The second-order valence-electron chi connectivity index (χ2n) is 5.85. The lowest BCUT2D eigenvalue weighted by Crippen LogP contribution is -2.26. The Morgan fingerprint density at radius 3 is 2.60 bits per heavy atom. The van der Waals surface area contributed by atoms with E-state index < -0.39 is 0 Å². The van der Waals surface area contributed by atoms with Crippen molar-refractivity contribution in [2.75, 3.05) is 20.3 Å². The molecule has 1 saturated heterocycles. The second kappa shape index (κ2) is 8.48. The summed E-state index contributed by atoms with van der Waals surface area (Å²) in [7, 11) is 1.62. The summed E-state index contributed by atoms with van der Waals surface area (Å²) in [6.07, 6.45) is 3.41. The molecule has 0 bridgehead atoms. The van der Waals surface area contributed by atoms with Crippen LogP contribution in [0.25, 0.3) is 0 Å².